The number of aromatic nitrogens is 4. The first-order valence-corrected chi connectivity index (χ1v) is 6.72. The van der Waals surface area contributed by atoms with Gasteiger partial charge in [0, 0.05) is 30.9 Å². The number of aromatic amines is 1. The molecule has 106 valence electrons. The van der Waals surface area contributed by atoms with Gasteiger partial charge in [0.25, 0.3) is 0 Å². The van der Waals surface area contributed by atoms with Crippen LogP contribution >= 0.6 is 0 Å². The maximum absolute atomic E-state index is 11.6. The zero-order valence-corrected chi connectivity index (χ0v) is 11.8. The van der Waals surface area contributed by atoms with Crippen LogP contribution in [0.4, 0.5) is 0 Å². The molecule has 0 aliphatic carbocycles. The minimum atomic E-state index is -0.0924. The maximum atomic E-state index is 11.6. The smallest absolute Gasteiger partial charge is 0.229 e. The molecule has 1 aliphatic rings. The first-order chi connectivity index (χ1) is 9.47. The largest absolute Gasteiger partial charge is 0.325 e. The second-order valence-corrected chi connectivity index (χ2v) is 5.36. The summed E-state index contributed by atoms with van der Waals surface area (Å²) in [7, 11) is 0. The number of hydrogen-bond donors (Lipinski definition) is 1. The fourth-order valence-electron chi connectivity index (χ4n) is 2.46. The zero-order valence-electron chi connectivity index (χ0n) is 11.8. The van der Waals surface area contributed by atoms with Crippen molar-refractivity contribution in [2.75, 3.05) is 6.54 Å². The van der Waals surface area contributed by atoms with E-state index in [0.717, 1.165) is 22.7 Å². The lowest BCUT2D eigenvalue weighted by Crippen LogP contribution is -2.32. The molecule has 1 N–H and O–H groups in total. The van der Waals surface area contributed by atoms with Crippen molar-refractivity contribution >= 4 is 17.5 Å². The summed E-state index contributed by atoms with van der Waals surface area (Å²) in [6.07, 6.45) is 0.649. The summed E-state index contributed by atoms with van der Waals surface area (Å²) in [6.45, 7) is 6.23. The van der Waals surface area contributed by atoms with Crippen molar-refractivity contribution in [3.05, 3.63) is 17.1 Å². The molecule has 0 aromatic carbocycles. The number of likely N-dealkylation sites (tertiary alicyclic amines) is 1. The molecule has 1 fully saturated rings. The van der Waals surface area contributed by atoms with Gasteiger partial charge in [-0.25, -0.2) is 0 Å². The number of H-pyrrole nitrogens is 1. The van der Waals surface area contributed by atoms with E-state index in [1.807, 2.05) is 20.8 Å². The van der Waals surface area contributed by atoms with Gasteiger partial charge < -0.3 is 4.98 Å². The van der Waals surface area contributed by atoms with E-state index in [2.05, 4.69) is 15.2 Å². The van der Waals surface area contributed by atoms with Gasteiger partial charge in [0.15, 0.2) is 5.65 Å². The van der Waals surface area contributed by atoms with E-state index in [1.165, 1.54) is 4.90 Å². The zero-order chi connectivity index (χ0) is 14.4. The van der Waals surface area contributed by atoms with Crippen molar-refractivity contribution in [3.8, 4) is 0 Å². The van der Waals surface area contributed by atoms with Gasteiger partial charge in [-0.1, -0.05) is 6.92 Å². The van der Waals surface area contributed by atoms with Gasteiger partial charge in [-0.2, -0.15) is 5.10 Å². The first kappa shape index (κ1) is 12.8. The second-order valence-electron chi connectivity index (χ2n) is 5.36. The summed E-state index contributed by atoms with van der Waals surface area (Å²) in [6, 6.07) is 0. The van der Waals surface area contributed by atoms with Gasteiger partial charge in [-0.3, -0.25) is 14.5 Å². The molecule has 20 heavy (non-hydrogen) atoms. The molecular weight excluding hydrogens is 258 g/mol. The Morgan fingerprint density at radius 3 is 2.45 bits per heavy atom. The third-order valence-electron chi connectivity index (χ3n) is 3.87. The molecule has 0 saturated carbocycles. The Bertz CT molecular complexity index is 683. The van der Waals surface area contributed by atoms with E-state index in [1.54, 1.807) is 4.63 Å². The number of hydrogen-bond acceptors (Lipinski definition) is 4. The number of imide groups is 1. The van der Waals surface area contributed by atoms with E-state index in [4.69, 9.17) is 0 Å². The summed E-state index contributed by atoms with van der Waals surface area (Å²) in [4.78, 5) is 27.8. The summed E-state index contributed by atoms with van der Waals surface area (Å²) in [5.41, 5.74) is 2.86. The second kappa shape index (κ2) is 4.43. The molecule has 0 radical (unpaired) electrons. The Hall–Kier alpha value is -2.18. The number of nitrogens with zero attached hydrogens (tertiary/aromatic N) is 4. The van der Waals surface area contributed by atoms with Gasteiger partial charge in [0.1, 0.15) is 5.82 Å². The minimum absolute atomic E-state index is 0.0394. The summed E-state index contributed by atoms with van der Waals surface area (Å²) >= 11 is 0. The van der Waals surface area contributed by atoms with Crippen LogP contribution in [-0.2, 0) is 9.59 Å². The Morgan fingerprint density at radius 2 is 1.85 bits per heavy atom. The predicted octanol–water partition coefficient (Wildman–Crippen LogP) is 0.927. The molecule has 2 aromatic rings. The highest BCUT2D eigenvalue weighted by molar-refractivity contribution is 6.01. The van der Waals surface area contributed by atoms with E-state index in [0.29, 0.717) is 19.4 Å². The molecule has 7 nitrogen and oxygen atoms in total. The topological polar surface area (TPSA) is 83.4 Å². The summed E-state index contributed by atoms with van der Waals surface area (Å²) < 4.78 is 1.57. The molecule has 1 aliphatic heterocycles. The quantitative estimate of drug-likeness (QED) is 0.844. The lowest BCUT2D eigenvalue weighted by Gasteiger charge is -2.17. The van der Waals surface area contributed by atoms with Gasteiger partial charge >= 0.3 is 0 Å². The van der Waals surface area contributed by atoms with Crippen molar-refractivity contribution in [3.63, 3.8) is 0 Å². The SMILES string of the molecule is Cc1nn2nc(C(C)CN3C(=O)CCC3=O)[nH]c2c1C. The van der Waals surface area contributed by atoms with Crippen LogP contribution in [-0.4, -0.2) is 43.1 Å². The Labute approximate surface area is 115 Å². The monoisotopic (exact) mass is 275 g/mol. The van der Waals surface area contributed by atoms with Crippen LogP contribution in [0.2, 0.25) is 0 Å². The van der Waals surface area contributed by atoms with Gasteiger partial charge in [-0.15, -0.1) is 9.73 Å². The molecule has 3 heterocycles. The van der Waals surface area contributed by atoms with Crippen molar-refractivity contribution in [1.82, 2.24) is 24.7 Å². The third-order valence-corrected chi connectivity index (χ3v) is 3.87. The van der Waals surface area contributed by atoms with Crippen LogP contribution in [0.25, 0.3) is 5.65 Å². The molecule has 0 spiro atoms. The van der Waals surface area contributed by atoms with E-state index in [-0.39, 0.29) is 17.7 Å². The van der Waals surface area contributed by atoms with Crippen molar-refractivity contribution in [2.45, 2.75) is 39.5 Å². The number of rotatable bonds is 3. The highest BCUT2D eigenvalue weighted by Crippen LogP contribution is 2.20. The van der Waals surface area contributed by atoms with Crippen LogP contribution in [0.5, 0.6) is 0 Å². The molecule has 3 rings (SSSR count). The van der Waals surface area contributed by atoms with Crippen LogP contribution in [0, 0.1) is 13.8 Å². The Balaban J connectivity index is 1.83. The highest BCUT2D eigenvalue weighted by atomic mass is 16.2. The van der Waals surface area contributed by atoms with E-state index < -0.39 is 0 Å². The first-order valence-electron chi connectivity index (χ1n) is 6.72. The number of carbonyl (C=O) groups excluding carboxylic acids is 2. The fourth-order valence-corrected chi connectivity index (χ4v) is 2.46. The summed E-state index contributed by atoms with van der Waals surface area (Å²) in [5.74, 6) is 0.515. The molecule has 1 unspecified atom stereocenters. The van der Waals surface area contributed by atoms with Crippen molar-refractivity contribution in [2.24, 2.45) is 0 Å². The lowest BCUT2D eigenvalue weighted by molar-refractivity contribution is -0.138. The number of nitrogens with one attached hydrogen (secondary N) is 1. The van der Waals surface area contributed by atoms with Gasteiger partial charge in [-0.05, 0) is 13.8 Å². The predicted molar refractivity (Wildman–Crippen MR) is 71.2 cm³/mol. The standard InChI is InChI=1S/C13H17N5O2/c1-7(6-17-10(19)4-5-11(17)20)12-14-13-8(2)9(3)15-18(13)16-12/h7H,4-6H2,1-3H3,(H,14,16). The minimum Gasteiger partial charge on any atom is -0.325 e. The molecule has 1 saturated heterocycles. The van der Waals surface area contributed by atoms with Crippen LogP contribution < -0.4 is 0 Å². The van der Waals surface area contributed by atoms with E-state index in [9.17, 15) is 9.59 Å². The number of amides is 2. The third kappa shape index (κ3) is 1.90. The van der Waals surface area contributed by atoms with Gasteiger partial charge in [0.2, 0.25) is 11.8 Å². The summed E-state index contributed by atoms with van der Waals surface area (Å²) in [5, 5.41) is 8.69. The fraction of sp³-hybridized carbons (Fsp3) is 0.538. The van der Waals surface area contributed by atoms with Crippen LogP contribution in [0.1, 0.15) is 42.8 Å². The maximum Gasteiger partial charge on any atom is 0.229 e. The number of carbonyl (C=O) groups is 2. The molecular formula is C13H17N5O2. The van der Waals surface area contributed by atoms with Crippen LogP contribution in [0.3, 0.4) is 0 Å². The number of fused-ring (bicyclic) bond motifs is 1. The number of aryl methyl sites for hydroxylation is 2. The average molecular weight is 275 g/mol. The Kier molecular flexibility index (Phi) is 2.84. The van der Waals surface area contributed by atoms with E-state index >= 15 is 0 Å². The highest BCUT2D eigenvalue weighted by Gasteiger charge is 2.31. The molecule has 7 heteroatoms. The molecule has 1 atom stereocenters. The molecule has 2 amide bonds. The van der Waals surface area contributed by atoms with Crippen molar-refractivity contribution < 1.29 is 9.59 Å². The van der Waals surface area contributed by atoms with Crippen LogP contribution in [0.15, 0.2) is 0 Å². The van der Waals surface area contributed by atoms with Gasteiger partial charge in [0.05, 0.1) is 5.69 Å². The molecule has 0 bridgehead atoms. The lowest BCUT2D eigenvalue weighted by atomic mass is 10.1. The average Bonchev–Trinajstić information content (AvgIpc) is 3.02. The van der Waals surface area contributed by atoms with Crippen molar-refractivity contribution in [1.29, 1.82) is 0 Å². The molecule has 2 aromatic heterocycles. The normalized spacial score (nSPS) is 17.4. The Morgan fingerprint density at radius 1 is 1.20 bits per heavy atom.